The Morgan fingerprint density at radius 3 is 3.00 bits per heavy atom. The smallest absolute Gasteiger partial charge is 0.163 e. The van der Waals surface area contributed by atoms with Crippen LogP contribution in [0.4, 0.5) is 0 Å². The molecule has 96 valence electrons. The lowest BCUT2D eigenvalue weighted by molar-refractivity contribution is 0.302. The molecule has 2 N–H and O–H groups in total. The molecule has 2 unspecified atom stereocenters. The van der Waals surface area contributed by atoms with Crippen molar-refractivity contribution in [3.05, 3.63) is 23.9 Å². The van der Waals surface area contributed by atoms with Gasteiger partial charge in [-0.25, -0.2) is 4.98 Å². The molecule has 3 rings (SSSR count). The third-order valence-electron chi connectivity index (χ3n) is 4.01. The SMILES string of the molecule is Cc1cc2nnc(C3CCCCC3CN)n2cn1. The minimum absolute atomic E-state index is 0.434. The summed E-state index contributed by atoms with van der Waals surface area (Å²) in [7, 11) is 0. The van der Waals surface area contributed by atoms with E-state index in [-0.39, 0.29) is 0 Å². The van der Waals surface area contributed by atoms with E-state index in [1.54, 1.807) is 0 Å². The molecular formula is C13H19N5. The highest BCUT2D eigenvalue weighted by molar-refractivity contribution is 5.38. The number of nitrogens with two attached hydrogens (primary N) is 1. The van der Waals surface area contributed by atoms with Crippen molar-refractivity contribution in [2.24, 2.45) is 11.7 Å². The van der Waals surface area contributed by atoms with E-state index in [9.17, 15) is 0 Å². The molecule has 0 saturated heterocycles. The maximum atomic E-state index is 5.89. The standard InChI is InChI=1S/C13H19N5/c1-9-6-12-16-17-13(18(12)8-15-9)11-5-3-2-4-10(11)7-14/h6,8,10-11H,2-5,7,14H2,1H3. The van der Waals surface area contributed by atoms with Crippen molar-refractivity contribution in [3.63, 3.8) is 0 Å². The molecule has 2 atom stereocenters. The van der Waals surface area contributed by atoms with E-state index in [0.29, 0.717) is 11.8 Å². The van der Waals surface area contributed by atoms with Gasteiger partial charge in [0.15, 0.2) is 5.65 Å². The minimum Gasteiger partial charge on any atom is -0.330 e. The van der Waals surface area contributed by atoms with Gasteiger partial charge in [0.1, 0.15) is 12.2 Å². The largest absolute Gasteiger partial charge is 0.330 e. The van der Waals surface area contributed by atoms with Gasteiger partial charge in [0, 0.05) is 17.7 Å². The topological polar surface area (TPSA) is 69.1 Å². The summed E-state index contributed by atoms with van der Waals surface area (Å²) < 4.78 is 2.02. The lowest BCUT2D eigenvalue weighted by Gasteiger charge is -2.29. The molecule has 5 nitrogen and oxygen atoms in total. The summed E-state index contributed by atoms with van der Waals surface area (Å²) in [6, 6.07) is 1.97. The van der Waals surface area contributed by atoms with Crippen LogP contribution in [0.2, 0.25) is 0 Å². The number of aromatic nitrogens is 4. The summed E-state index contributed by atoms with van der Waals surface area (Å²) in [4.78, 5) is 4.34. The summed E-state index contributed by atoms with van der Waals surface area (Å²) in [6.07, 6.45) is 6.75. The van der Waals surface area contributed by atoms with Crippen molar-refractivity contribution in [2.45, 2.75) is 38.5 Å². The van der Waals surface area contributed by atoms with Crippen molar-refractivity contribution in [2.75, 3.05) is 6.54 Å². The zero-order chi connectivity index (χ0) is 12.5. The van der Waals surface area contributed by atoms with E-state index in [2.05, 4.69) is 15.2 Å². The predicted octanol–water partition coefficient (Wildman–Crippen LogP) is 1.67. The lowest BCUT2D eigenvalue weighted by Crippen LogP contribution is -2.26. The molecule has 0 amide bonds. The molecule has 0 aromatic carbocycles. The third-order valence-corrected chi connectivity index (χ3v) is 4.01. The van der Waals surface area contributed by atoms with E-state index in [0.717, 1.165) is 30.1 Å². The molecule has 0 bridgehead atoms. The van der Waals surface area contributed by atoms with Crippen LogP contribution in [0.15, 0.2) is 12.4 Å². The van der Waals surface area contributed by atoms with Gasteiger partial charge in [-0.1, -0.05) is 12.8 Å². The minimum atomic E-state index is 0.434. The Morgan fingerprint density at radius 2 is 2.17 bits per heavy atom. The molecule has 1 aliphatic rings. The van der Waals surface area contributed by atoms with Crippen LogP contribution in [0.25, 0.3) is 5.65 Å². The number of hydrogen-bond acceptors (Lipinski definition) is 4. The van der Waals surface area contributed by atoms with Crippen molar-refractivity contribution in [1.29, 1.82) is 0 Å². The molecular weight excluding hydrogens is 226 g/mol. The van der Waals surface area contributed by atoms with Gasteiger partial charge in [0.25, 0.3) is 0 Å². The summed E-state index contributed by atoms with van der Waals surface area (Å²) in [6.45, 7) is 2.70. The Morgan fingerprint density at radius 1 is 1.33 bits per heavy atom. The van der Waals surface area contributed by atoms with Crippen molar-refractivity contribution >= 4 is 5.65 Å². The van der Waals surface area contributed by atoms with Gasteiger partial charge in [-0.2, -0.15) is 0 Å². The molecule has 5 heteroatoms. The van der Waals surface area contributed by atoms with Gasteiger partial charge < -0.3 is 5.73 Å². The first-order valence-corrected chi connectivity index (χ1v) is 6.67. The zero-order valence-corrected chi connectivity index (χ0v) is 10.7. The van der Waals surface area contributed by atoms with Gasteiger partial charge in [-0.05, 0) is 32.2 Å². The first-order chi connectivity index (χ1) is 8.79. The van der Waals surface area contributed by atoms with Crippen LogP contribution < -0.4 is 5.73 Å². The second-order valence-corrected chi connectivity index (χ2v) is 5.20. The molecule has 0 spiro atoms. The molecule has 18 heavy (non-hydrogen) atoms. The quantitative estimate of drug-likeness (QED) is 0.873. The molecule has 1 saturated carbocycles. The van der Waals surface area contributed by atoms with Crippen molar-refractivity contribution in [3.8, 4) is 0 Å². The van der Waals surface area contributed by atoms with Crippen LogP contribution in [-0.4, -0.2) is 26.1 Å². The number of nitrogens with zero attached hydrogens (tertiary/aromatic N) is 4. The van der Waals surface area contributed by atoms with E-state index in [1.165, 1.54) is 19.3 Å². The summed E-state index contributed by atoms with van der Waals surface area (Å²) in [5.41, 5.74) is 7.76. The molecule has 2 heterocycles. The van der Waals surface area contributed by atoms with Crippen molar-refractivity contribution in [1.82, 2.24) is 19.6 Å². The van der Waals surface area contributed by atoms with E-state index in [4.69, 9.17) is 5.73 Å². The molecule has 1 aliphatic carbocycles. The summed E-state index contributed by atoms with van der Waals surface area (Å²) in [5, 5.41) is 8.63. The highest BCUT2D eigenvalue weighted by Gasteiger charge is 2.29. The van der Waals surface area contributed by atoms with Crippen LogP contribution in [0.3, 0.4) is 0 Å². The Hall–Kier alpha value is -1.49. The first kappa shape index (κ1) is 11.6. The van der Waals surface area contributed by atoms with Gasteiger partial charge in [0.2, 0.25) is 0 Å². The lowest BCUT2D eigenvalue weighted by atomic mass is 9.79. The molecule has 2 aromatic rings. The molecule has 1 fully saturated rings. The van der Waals surface area contributed by atoms with Crippen LogP contribution in [-0.2, 0) is 0 Å². The average Bonchev–Trinajstić information content (AvgIpc) is 2.81. The second kappa shape index (κ2) is 4.65. The van der Waals surface area contributed by atoms with Crippen LogP contribution >= 0.6 is 0 Å². The van der Waals surface area contributed by atoms with E-state index >= 15 is 0 Å². The van der Waals surface area contributed by atoms with Crippen LogP contribution in [0, 0.1) is 12.8 Å². The number of hydrogen-bond donors (Lipinski definition) is 1. The highest BCUT2D eigenvalue weighted by atomic mass is 15.3. The monoisotopic (exact) mass is 245 g/mol. The molecule has 0 radical (unpaired) electrons. The van der Waals surface area contributed by atoms with Gasteiger partial charge in [-0.3, -0.25) is 4.40 Å². The van der Waals surface area contributed by atoms with Gasteiger partial charge in [-0.15, -0.1) is 10.2 Å². The Bertz CT molecular complexity index is 547. The van der Waals surface area contributed by atoms with Gasteiger partial charge >= 0.3 is 0 Å². The third kappa shape index (κ3) is 1.88. The fraction of sp³-hybridized carbons (Fsp3) is 0.615. The van der Waals surface area contributed by atoms with E-state index < -0.39 is 0 Å². The second-order valence-electron chi connectivity index (χ2n) is 5.20. The average molecular weight is 245 g/mol. The zero-order valence-electron chi connectivity index (χ0n) is 10.7. The van der Waals surface area contributed by atoms with E-state index in [1.807, 2.05) is 23.7 Å². The fourth-order valence-electron chi connectivity index (χ4n) is 2.99. The molecule has 2 aromatic heterocycles. The molecule has 0 aliphatic heterocycles. The maximum Gasteiger partial charge on any atom is 0.163 e. The van der Waals surface area contributed by atoms with Crippen LogP contribution in [0.1, 0.15) is 43.1 Å². The Balaban J connectivity index is 2.02. The number of fused-ring (bicyclic) bond motifs is 1. The first-order valence-electron chi connectivity index (χ1n) is 6.67. The van der Waals surface area contributed by atoms with Gasteiger partial charge in [0.05, 0.1) is 0 Å². The van der Waals surface area contributed by atoms with Crippen LogP contribution in [0.5, 0.6) is 0 Å². The Labute approximate surface area is 106 Å². The normalized spacial score (nSPS) is 24.6. The summed E-state index contributed by atoms with van der Waals surface area (Å²) in [5.74, 6) is 2.00. The maximum absolute atomic E-state index is 5.89. The predicted molar refractivity (Wildman–Crippen MR) is 69.3 cm³/mol. The highest BCUT2D eigenvalue weighted by Crippen LogP contribution is 2.36. The number of aryl methyl sites for hydroxylation is 1. The Kier molecular flexibility index (Phi) is 2.99. The van der Waals surface area contributed by atoms with Crippen molar-refractivity contribution < 1.29 is 0 Å². The fourth-order valence-corrected chi connectivity index (χ4v) is 2.99. The summed E-state index contributed by atoms with van der Waals surface area (Å²) >= 11 is 0. The number of rotatable bonds is 2.